The molecular weight excluding hydrogens is 462 g/mol. The van der Waals surface area contributed by atoms with Crippen molar-refractivity contribution in [1.29, 1.82) is 0 Å². The summed E-state index contributed by atoms with van der Waals surface area (Å²) in [5, 5.41) is 0. The molecule has 7 heteroatoms. The lowest BCUT2D eigenvalue weighted by atomic mass is 9.92. The van der Waals surface area contributed by atoms with Crippen LogP contribution in [0.1, 0.15) is 23.6 Å². The summed E-state index contributed by atoms with van der Waals surface area (Å²) in [5.41, 5.74) is 2.18. The second-order valence-electron chi connectivity index (χ2n) is 8.16. The molecule has 1 aliphatic rings. The van der Waals surface area contributed by atoms with Crippen LogP contribution in [0.2, 0.25) is 0 Å². The molecule has 0 spiro atoms. The Balaban J connectivity index is 1.53. The summed E-state index contributed by atoms with van der Waals surface area (Å²) in [6.45, 7) is 0.973. The lowest BCUT2D eigenvalue weighted by Crippen LogP contribution is -2.42. The van der Waals surface area contributed by atoms with Gasteiger partial charge in [-0.25, -0.2) is 0 Å². The molecule has 3 aromatic carbocycles. The van der Waals surface area contributed by atoms with Gasteiger partial charge in [0, 0.05) is 23.6 Å². The van der Waals surface area contributed by atoms with Crippen LogP contribution in [0.5, 0.6) is 23.0 Å². The van der Waals surface area contributed by atoms with Crippen molar-refractivity contribution >= 4 is 17.7 Å². The van der Waals surface area contributed by atoms with Crippen LogP contribution >= 0.6 is 11.8 Å². The summed E-state index contributed by atoms with van der Waals surface area (Å²) in [6.07, 6.45) is 1.22. The van der Waals surface area contributed by atoms with Gasteiger partial charge in [-0.1, -0.05) is 18.2 Å². The van der Waals surface area contributed by atoms with E-state index in [0.717, 1.165) is 34.8 Å². The van der Waals surface area contributed by atoms with Gasteiger partial charge >= 0.3 is 0 Å². The molecule has 6 nitrogen and oxygen atoms in total. The molecule has 1 atom stereocenters. The predicted molar refractivity (Wildman–Crippen MR) is 138 cm³/mol. The lowest BCUT2D eigenvalue weighted by Gasteiger charge is -2.37. The molecule has 0 bridgehead atoms. The molecule has 1 heterocycles. The highest BCUT2D eigenvalue weighted by molar-refractivity contribution is 7.99. The molecule has 0 saturated heterocycles. The van der Waals surface area contributed by atoms with E-state index >= 15 is 0 Å². The van der Waals surface area contributed by atoms with Crippen molar-refractivity contribution in [3.05, 3.63) is 77.9 Å². The van der Waals surface area contributed by atoms with Crippen molar-refractivity contribution in [3.8, 4) is 23.0 Å². The number of amides is 1. The first-order valence-corrected chi connectivity index (χ1v) is 12.6. The molecule has 0 saturated carbocycles. The fourth-order valence-electron chi connectivity index (χ4n) is 4.27. The van der Waals surface area contributed by atoms with E-state index in [0.29, 0.717) is 31.1 Å². The Hall–Kier alpha value is -3.32. The Bertz CT molecular complexity index is 1120. The van der Waals surface area contributed by atoms with Gasteiger partial charge in [0.15, 0.2) is 11.5 Å². The minimum atomic E-state index is -0.227. The highest BCUT2D eigenvalue weighted by atomic mass is 32.2. The number of nitrogens with zero attached hydrogens (tertiary/aromatic N) is 1. The average molecular weight is 494 g/mol. The SMILES string of the molecule is COc1ccc(OCC2c3cc(OC)c(OC)cc3CCN2C(=O)CCSc2ccccc2)cc1. The van der Waals surface area contributed by atoms with Gasteiger partial charge in [0.2, 0.25) is 5.91 Å². The Kier molecular flexibility index (Phi) is 8.42. The molecule has 4 rings (SSSR count). The van der Waals surface area contributed by atoms with Crippen LogP contribution in [-0.4, -0.2) is 51.0 Å². The Morgan fingerprint density at radius 2 is 1.60 bits per heavy atom. The van der Waals surface area contributed by atoms with Gasteiger partial charge in [0.1, 0.15) is 18.1 Å². The Morgan fingerprint density at radius 1 is 0.914 bits per heavy atom. The lowest BCUT2D eigenvalue weighted by molar-refractivity contribution is -0.134. The second-order valence-corrected chi connectivity index (χ2v) is 9.33. The van der Waals surface area contributed by atoms with Crippen LogP contribution in [0.25, 0.3) is 0 Å². The third-order valence-electron chi connectivity index (χ3n) is 6.12. The smallest absolute Gasteiger partial charge is 0.224 e. The normalized spacial score (nSPS) is 14.7. The van der Waals surface area contributed by atoms with E-state index in [1.54, 1.807) is 33.1 Å². The number of hydrogen-bond donors (Lipinski definition) is 0. The van der Waals surface area contributed by atoms with Crippen LogP contribution in [0.3, 0.4) is 0 Å². The van der Waals surface area contributed by atoms with E-state index in [4.69, 9.17) is 18.9 Å². The molecule has 1 aliphatic heterocycles. The molecule has 0 N–H and O–H groups in total. The number of ether oxygens (including phenoxy) is 4. The fraction of sp³-hybridized carbons (Fsp3) is 0.321. The van der Waals surface area contributed by atoms with Crippen molar-refractivity contribution in [2.75, 3.05) is 40.2 Å². The first-order chi connectivity index (χ1) is 17.1. The fourth-order valence-corrected chi connectivity index (χ4v) is 5.13. The van der Waals surface area contributed by atoms with Crippen molar-refractivity contribution in [2.24, 2.45) is 0 Å². The molecule has 1 amide bonds. The van der Waals surface area contributed by atoms with Gasteiger partial charge in [-0.15, -0.1) is 11.8 Å². The molecular formula is C28H31NO5S. The molecule has 0 radical (unpaired) electrons. The number of thioether (sulfide) groups is 1. The van der Waals surface area contributed by atoms with E-state index in [9.17, 15) is 4.79 Å². The number of carbonyl (C=O) groups is 1. The van der Waals surface area contributed by atoms with Gasteiger partial charge in [-0.3, -0.25) is 4.79 Å². The van der Waals surface area contributed by atoms with E-state index in [1.807, 2.05) is 59.5 Å². The van der Waals surface area contributed by atoms with Gasteiger partial charge in [-0.05, 0) is 66.1 Å². The summed E-state index contributed by atoms with van der Waals surface area (Å²) >= 11 is 1.70. The van der Waals surface area contributed by atoms with E-state index in [-0.39, 0.29) is 11.9 Å². The molecule has 35 heavy (non-hydrogen) atoms. The van der Waals surface area contributed by atoms with E-state index < -0.39 is 0 Å². The second kappa shape index (κ2) is 11.9. The molecule has 0 aromatic heterocycles. The van der Waals surface area contributed by atoms with Crippen molar-refractivity contribution in [3.63, 3.8) is 0 Å². The Labute approximate surface area is 211 Å². The summed E-state index contributed by atoms with van der Waals surface area (Å²) in [6, 6.07) is 21.4. The number of fused-ring (bicyclic) bond motifs is 1. The van der Waals surface area contributed by atoms with Gasteiger partial charge < -0.3 is 23.8 Å². The molecule has 184 valence electrons. The van der Waals surface area contributed by atoms with Crippen molar-refractivity contribution < 1.29 is 23.7 Å². The van der Waals surface area contributed by atoms with Crippen molar-refractivity contribution in [1.82, 2.24) is 4.90 Å². The number of benzene rings is 3. The van der Waals surface area contributed by atoms with Crippen LogP contribution in [-0.2, 0) is 11.2 Å². The maximum absolute atomic E-state index is 13.4. The number of hydrogen-bond acceptors (Lipinski definition) is 6. The van der Waals surface area contributed by atoms with Gasteiger partial charge in [0.05, 0.1) is 27.4 Å². The predicted octanol–water partition coefficient (Wildman–Crippen LogP) is 5.40. The molecule has 0 aliphatic carbocycles. The van der Waals surface area contributed by atoms with E-state index in [2.05, 4.69) is 12.1 Å². The number of rotatable bonds is 10. The third kappa shape index (κ3) is 6.03. The summed E-state index contributed by atoms with van der Waals surface area (Å²) < 4.78 is 22.5. The first-order valence-electron chi connectivity index (χ1n) is 11.6. The third-order valence-corrected chi connectivity index (χ3v) is 7.13. The van der Waals surface area contributed by atoms with Gasteiger partial charge in [0.25, 0.3) is 0 Å². The first kappa shape index (κ1) is 24.8. The van der Waals surface area contributed by atoms with Crippen LogP contribution < -0.4 is 18.9 Å². The minimum absolute atomic E-state index is 0.122. The summed E-state index contributed by atoms with van der Waals surface area (Å²) in [4.78, 5) is 16.5. The highest BCUT2D eigenvalue weighted by Crippen LogP contribution is 2.39. The van der Waals surface area contributed by atoms with Crippen LogP contribution in [0, 0.1) is 0 Å². The maximum Gasteiger partial charge on any atom is 0.224 e. The molecule has 1 unspecified atom stereocenters. The Morgan fingerprint density at radius 3 is 2.29 bits per heavy atom. The monoisotopic (exact) mass is 493 g/mol. The largest absolute Gasteiger partial charge is 0.497 e. The van der Waals surface area contributed by atoms with E-state index in [1.165, 1.54) is 4.90 Å². The molecule has 3 aromatic rings. The standard InChI is InChI=1S/C28H31NO5S/c1-31-21-9-11-22(12-10-21)34-19-25-24-18-27(33-3)26(32-2)17-20(24)13-15-29(25)28(30)14-16-35-23-7-5-4-6-8-23/h4-12,17-18,25H,13-16,19H2,1-3H3. The highest BCUT2D eigenvalue weighted by Gasteiger charge is 2.32. The van der Waals surface area contributed by atoms with Gasteiger partial charge in [-0.2, -0.15) is 0 Å². The van der Waals surface area contributed by atoms with Crippen LogP contribution in [0.4, 0.5) is 0 Å². The molecule has 0 fully saturated rings. The number of carbonyl (C=O) groups excluding carboxylic acids is 1. The number of methoxy groups -OCH3 is 3. The zero-order valence-electron chi connectivity index (χ0n) is 20.4. The quantitative estimate of drug-likeness (QED) is 0.353. The average Bonchev–Trinajstić information content (AvgIpc) is 2.91. The zero-order valence-corrected chi connectivity index (χ0v) is 21.2. The zero-order chi connectivity index (χ0) is 24.6. The van der Waals surface area contributed by atoms with Crippen molar-refractivity contribution in [2.45, 2.75) is 23.8 Å². The van der Waals surface area contributed by atoms with Crippen LogP contribution in [0.15, 0.2) is 71.6 Å². The minimum Gasteiger partial charge on any atom is -0.497 e. The summed E-state index contributed by atoms with van der Waals surface area (Å²) in [5.74, 6) is 3.69. The summed E-state index contributed by atoms with van der Waals surface area (Å²) in [7, 11) is 4.90. The topological polar surface area (TPSA) is 57.2 Å². The maximum atomic E-state index is 13.4.